The number of nitrogens with zero attached hydrogens (tertiary/aromatic N) is 6. The Morgan fingerprint density at radius 1 is 1.07 bits per heavy atom. The van der Waals surface area contributed by atoms with Gasteiger partial charge in [0.15, 0.2) is 0 Å². The van der Waals surface area contributed by atoms with Gasteiger partial charge in [0, 0.05) is 32.2 Å². The molecule has 30 heavy (non-hydrogen) atoms. The lowest BCUT2D eigenvalue weighted by Gasteiger charge is -2.37. The predicted molar refractivity (Wildman–Crippen MR) is 103 cm³/mol. The molecule has 3 aliphatic rings. The molecule has 7 nitrogen and oxygen atoms in total. The van der Waals surface area contributed by atoms with Crippen LogP contribution in [0.1, 0.15) is 36.4 Å². The van der Waals surface area contributed by atoms with E-state index in [2.05, 4.69) is 9.97 Å². The molecule has 1 aromatic heterocycles. The van der Waals surface area contributed by atoms with Crippen molar-refractivity contribution in [2.24, 2.45) is 5.41 Å². The molecule has 1 atom stereocenters. The second-order valence-electron chi connectivity index (χ2n) is 8.20. The fraction of sp³-hybridized carbons (Fsp3) is 0.429. The number of nitriles is 1. The third-order valence-corrected chi connectivity index (χ3v) is 6.45. The van der Waals surface area contributed by atoms with Gasteiger partial charge in [0.25, 0.3) is 0 Å². The van der Waals surface area contributed by atoms with Crippen molar-refractivity contribution >= 4 is 11.9 Å². The third kappa shape index (κ3) is 2.99. The highest BCUT2D eigenvalue weighted by molar-refractivity contribution is 5.85. The molecule has 0 aliphatic carbocycles. The SMILES string of the molecule is N#Cc1cnc(N2CCC3(CC2)CN2CC[C@@H](c4cc(F)cc(F)c4)N2C3=O)nc1. The van der Waals surface area contributed by atoms with Crippen molar-refractivity contribution in [1.82, 2.24) is 20.0 Å². The normalized spacial score (nSPS) is 23.1. The number of hydrogen-bond acceptors (Lipinski definition) is 6. The van der Waals surface area contributed by atoms with E-state index in [9.17, 15) is 13.6 Å². The van der Waals surface area contributed by atoms with Crippen molar-refractivity contribution in [3.63, 3.8) is 0 Å². The Labute approximate surface area is 172 Å². The number of aromatic nitrogens is 2. The molecule has 1 aromatic carbocycles. The van der Waals surface area contributed by atoms with Crippen LogP contribution >= 0.6 is 0 Å². The van der Waals surface area contributed by atoms with Gasteiger partial charge in [-0.1, -0.05) is 0 Å². The Hall–Kier alpha value is -3.12. The first-order valence-electron chi connectivity index (χ1n) is 10.0. The van der Waals surface area contributed by atoms with Crippen molar-refractivity contribution in [1.29, 1.82) is 5.26 Å². The second-order valence-corrected chi connectivity index (χ2v) is 8.20. The summed E-state index contributed by atoms with van der Waals surface area (Å²) in [6.45, 7) is 2.60. The number of rotatable bonds is 2. The first-order valence-corrected chi connectivity index (χ1v) is 10.0. The number of carbonyl (C=O) groups is 1. The number of halogens is 2. The minimum atomic E-state index is -0.625. The maximum atomic E-state index is 13.7. The van der Waals surface area contributed by atoms with Crippen LogP contribution in [-0.4, -0.2) is 52.1 Å². The van der Waals surface area contributed by atoms with Crippen LogP contribution in [0, 0.1) is 28.4 Å². The number of hydrogen-bond donors (Lipinski definition) is 0. The number of anilines is 1. The standard InChI is InChI=1S/C21H20F2N6O/c22-16-7-15(8-17(23)9-16)18-1-4-28-13-21(19(30)29(18)28)2-5-27(6-3-21)20-25-11-14(10-24)12-26-20/h7-9,11-12,18H,1-6,13H2/t18-/m0/s1. The van der Waals surface area contributed by atoms with E-state index in [1.807, 2.05) is 16.0 Å². The summed E-state index contributed by atoms with van der Waals surface area (Å²) in [4.78, 5) is 24.0. The van der Waals surface area contributed by atoms with Gasteiger partial charge in [0.1, 0.15) is 17.7 Å². The molecule has 0 N–H and O–H groups in total. The van der Waals surface area contributed by atoms with Crippen molar-refractivity contribution in [3.8, 4) is 6.07 Å². The first kappa shape index (κ1) is 18.9. The molecule has 3 saturated heterocycles. The lowest BCUT2D eigenvalue weighted by atomic mass is 9.78. The molecule has 1 amide bonds. The highest BCUT2D eigenvalue weighted by Gasteiger charge is 2.56. The fourth-order valence-electron chi connectivity index (χ4n) is 4.91. The van der Waals surface area contributed by atoms with Gasteiger partial charge in [-0.2, -0.15) is 5.26 Å². The smallest absolute Gasteiger partial charge is 0.245 e. The molecule has 154 valence electrons. The molecule has 2 aromatic rings. The summed E-state index contributed by atoms with van der Waals surface area (Å²) < 4.78 is 27.5. The number of piperidine rings is 1. The molecular formula is C21H20F2N6O. The Balaban J connectivity index is 1.33. The van der Waals surface area contributed by atoms with Crippen molar-refractivity contribution < 1.29 is 13.6 Å². The average molecular weight is 410 g/mol. The Morgan fingerprint density at radius 2 is 1.73 bits per heavy atom. The second kappa shape index (κ2) is 6.99. The summed E-state index contributed by atoms with van der Waals surface area (Å²) in [5, 5.41) is 12.6. The molecule has 0 unspecified atom stereocenters. The molecular weight excluding hydrogens is 390 g/mol. The van der Waals surface area contributed by atoms with Gasteiger partial charge >= 0.3 is 0 Å². The summed E-state index contributed by atoms with van der Waals surface area (Å²) in [5.41, 5.74) is 0.420. The molecule has 3 aliphatic heterocycles. The zero-order chi connectivity index (χ0) is 20.9. The average Bonchev–Trinajstić information content (AvgIpc) is 3.26. The summed E-state index contributed by atoms with van der Waals surface area (Å²) >= 11 is 0. The Kier molecular flexibility index (Phi) is 4.40. The number of fused-ring (bicyclic) bond motifs is 1. The highest BCUT2D eigenvalue weighted by atomic mass is 19.1. The van der Waals surface area contributed by atoms with E-state index in [0.717, 1.165) is 6.07 Å². The molecule has 3 fully saturated rings. The van der Waals surface area contributed by atoms with Gasteiger partial charge in [0.2, 0.25) is 11.9 Å². The van der Waals surface area contributed by atoms with E-state index < -0.39 is 17.0 Å². The molecule has 5 rings (SSSR count). The van der Waals surface area contributed by atoms with Gasteiger partial charge in [-0.05, 0) is 37.0 Å². The summed E-state index contributed by atoms with van der Waals surface area (Å²) in [6.07, 6.45) is 4.98. The third-order valence-electron chi connectivity index (χ3n) is 6.45. The van der Waals surface area contributed by atoms with Crippen LogP contribution in [0.2, 0.25) is 0 Å². The molecule has 0 saturated carbocycles. The highest BCUT2D eigenvalue weighted by Crippen LogP contribution is 2.47. The van der Waals surface area contributed by atoms with E-state index in [4.69, 9.17) is 5.26 Å². The van der Waals surface area contributed by atoms with E-state index >= 15 is 0 Å². The Bertz CT molecular complexity index is 1010. The van der Waals surface area contributed by atoms with Crippen LogP contribution in [0.4, 0.5) is 14.7 Å². The number of carbonyl (C=O) groups excluding carboxylic acids is 1. The van der Waals surface area contributed by atoms with Gasteiger partial charge < -0.3 is 4.90 Å². The van der Waals surface area contributed by atoms with Crippen molar-refractivity contribution in [2.75, 3.05) is 31.1 Å². The Morgan fingerprint density at radius 3 is 2.37 bits per heavy atom. The van der Waals surface area contributed by atoms with Crippen LogP contribution in [0.15, 0.2) is 30.6 Å². The minimum absolute atomic E-state index is 0.0371. The largest absolute Gasteiger partial charge is 0.341 e. The van der Waals surface area contributed by atoms with Crippen LogP contribution in [0.3, 0.4) is 0 Å². The molecule has 1 spiro atoms. The predicted octanol–water partition coefficient (Wildman–Crippen LogP) is 2.42. The first-order chi connectivity index (χ1) is 14.5. The quantitative estimate of drug-likeness (QED) is 0.757. The van der Waals surface area contributed by atoms with E-state index in [1.165, 1.54) is 24.5 Å². The maximum absolute atomic E-state index is 13.7. The van der Waals surface area contributed by atoms with Crippen LogP contribution in [0.25, 0.3) is 0 Å². The van der Waals surface area contributed by atoms with Crippen LogP contribution in [0.5, 0.6) is 0 Å². The monoisotopic (exact) mass is 410 g/mol. The minimum Gasteiger partial charge on any atom is -0.341 e. The van der Waals surface area contributed by atoms with Gasteiger partial charge in [-0.25, -0.2) is 23.8 Å². The zero-order valence-electron chi connectivity index (χ0n) is 16.3. The number of amides is 1. The zero-order valence-corrected chi connectivity index (χ0v) is 16.3. The maximum Gasteiger partial charge on any atom is 0.245 e. The topological polar surface area (TPSA) is 76.4 Å². The number of hydrazine groups is 1. The van der Waals surface area contributed by atoms with Gasteiger partial charge in [-0.15, -0.1) is 0 Å². The van der Waals surface area contributed by atoms with Crippen LogP contribution < -0.4 is 4.90 Å². The number of benzene rings is 1. The molecule has 0 bridgehead atoms. The lowest BCUT2D eigenvalue weighted by molar-refractivity contribution is -0.143. The summed E-state index contributed by atoms with van der Waals surface area (Å²) in [7, 11) is 0. The van der Waals surface area contributed by atoms with E-state index in [0.29, 0.717) is 62.5 Å². The van der Waals surface area contributed by atoms with Gasteiger partial charge in [-0.3, -0.25) is 9.80 Å². The van der Waals surface area contributed by atoms with Crippen LogP contribution in [-0.2, 0) is 4.79 Å². The van der Waals surface area contributed by atoms with Gasteiger partial charge in [0.05, 0.1) is 29.4 Å². The summed E-state index contributed by atoms with van der Waals surface area (Å²) in [5.74, 6) is -0.653. The fourth-order valence-corrected chi connectivity index (χ4v) is 4.91. The summed E-state index contributed by atoms with van der Waals surface area (Å²) in [6, 6.07) is 5.16. The molecule has 4 heterocycles. The van der Waals surface area contributed by atoms with E-state index in [1.54, 1.807) is 5.01 Å². The molecule has 9 heteroatoms. The van der Waals surface area contributed by atoms with E-state index in [-0.39, 0.29) is 11.9 Å². The van der Waals surface area contributed by atoms with Crippen molar-refractivity contribution in [2.45, 2.75) is 25.3 Å². The lowest BCUT2D eigenvalue weighted by Crippen LogP contribution is -2.46. The molecule has 0 radical (unpaired) electrons. The van der Waals surface area contributed by atoms with Crippen molar-refractivity contribution in [3.05, 3.63) is 53.4 Å².